The predicted octanol–water partition coefficient (Wildman–Crippen LogP) is 10.1. The van der Waals surface area contributed by atoms with Gasteiger partial charge in [-0.15, -0.1) is 19.8 Å². The van der Waals surface area contributed by atoms with E-state index in [2.05, 4.69) is 23.5 Å². The topological polar surface area (TPSA) is 18.5 Å². The summed E-state index contributed by atoms with van der Waals surface area (Å²) in [6.45, 7) is 3.55. The zero-order valence-electron chi connectivity index (χ0n) is 22.7. The van der Waals surface area contributed by atoms with Crippen LogP contribution in [-0.4, -0.2) is 12.5 Å². The second kappa shape index (κ2) is 13.4. The van der Waals surface area contributed by atoms with Crippen LogP contribution in [0.25, 0.3) is 0 Å². The molecule has 0 atom stereocenters. The molecule has 2 aliphatic carbocycles. The molecule has 2 aliphatic rings. The van der Waals surface area contributed by atoms with Gasteiger partial charge in [0, 0.05) is 0 Å². The summed E-state index contributed by atoms with van der Waals surface area (Å²) in [6, 6.07) is 7.93. The SMILES string of the molecule is C=CCCc1cc(F)c(C(F)(F)OC2CCC(/C=C/C3CCC(c4ccc(OC(F)(F)F)cc4)CC3)CC2)c(F)c1. The average molecular weight is 585 g/mol. The Morgan fingerprint density at radius 3 is 1.83 bits per heavy atom. The Morgan fingerprint density at radius 2 is 1.32 bits per heavy atom. The molecule has 9 heteroatoms. The zero-order valence-corrected chi connectivity index (χ0v) is 22.7. The maximum absolute atomic E-state index is 14.8. The summed E-state index contributed by atoms with van der Waals surface area (Å²) in [7, 11) is 0. The van der Waals surface area contributed by atoms with Crippen molar-refractivity contribution in [1.82, 2.24) is 0 Å². The van der Waals surface area contributed by atoms with E-state index < -0.39 is 35.8 Å². The smallest absolute Gasteiger partial charge is 0.406 e. The molecule has 224 valence electrons. The number of alkyl halides is 5. The fraction of sp³-hybridized carbons (Fsp3) is 0.500. The second-order valence-electron chi connectivity index (χ2n) is 11.0. The largest absolute Gasteiger partial charge is 0.573 e. The van der Waals surface area contributed by atoms with E-state index in [0.29, 0.717) is 44.4 Å². The Kier molecular flexibility index (Phi) is 10.2. The first-order chi connectivity index (χ1) is 19.4. The first-order valence-electron chi connectivity index (χ1n) is 14.1. The Morgan fingerprint density at radius 1 is 0.780 bits per heavy atom. The Balaban J connectivity index is 1.22. The molecule has 4 rings (SSSR count). The lowest BCUT2D eigenvalue weighted by Crippen LogP contribution is -2.31. The van der Waals surface area contributed by atoms with E-state index in [1.807, 2.05) is 0 Å². The van der Waals surface area contributed by atoms with E-state index >= 15 is 0 Å². The Labute approximate surface area is 236 Å². The third kappa shape index (κ3) is 8.84. The van der Waals surface area contributed by atoms with Crippen LogP contribution in [0.5, 0.6) is 5.75 Å². The van der Waals surface area contributed by atoms with Gasteiger partial charge in [-0.25, -0.2) is 8.78 Å². The zero-order chi connectivity index (χ0) is 29.6. The number of hydrogen-bond acceptors (Lipinski definition) is 2. The number of hydrogen-bond donors (Lipinski definition) is 0. The fourth-order valence-electron chi connectivity index (χ4n) is 5.88. The highest BCUT2D eigenvalue weighted by molar-refractivity contribution is 5.30. The first-order valence-corrected chi connectivity index (χ1v) is 14.1. The van der Waals surface area contributed by atoms with Crippen molar-refractivity contribution in [2.75, 3.05) is 0 Å². The van der Waals surface area contributed by atoms with Crippen LogP contribution in [0.4, 0.5) is 30.7 Å². The van der Waals surface area contributed by atoms with Gasteiger partial charge in [0.15, 0.2) is 0 Å². The molecule has 2 saturated carbocycles. The summed E-state index contributed by atoms with van der Waals surface area (Å²) in [5.74, 6) is -1.96. The van der Waals surface area contributed by atoms with E-state index in [0.717, 1.165) is 43.4 Å². The molecule has 0 radical (unpaired) electrons. The summed E-state index contributed by atoms with van der Waals surface area (Å²) in [5, 5.41) is 0. The maximum atomic E-state index is 14.8. The minimum atomic E-state index is -4.71. The molecule has 0 N–H and O–H groups in total. The van der Waals surface area contributed by atoms with Crippen molar-refractivity contribution in [2.45, 2.75) is 88.7 Å². The molecule has 0 unspecified atom stereocenters. The van der Waals surface area contributed by atoms with Crippen molar-refractivity contribution < 1.29 is 40.2 Å². The quantitative estimate of drug-likeness (QED) is 0.204. The van der Waals surface area contributed by atoms with Gasteiger partial charge in [-0.3, -0.25) is 0 Å². The molecule has 2 fully saturated rings. The lowest BCUT2D eigenvalue weighted by atomic mass is 9.78. The molecule has 0 bridgehead atoms. The van der Waals surface area contributed by atoms with E-state index in [9.17, 15) is 30.7 Å². The van der Waals surface area contributed by atoms with E-state index in [4.69, 9.17) is 4.74 Å². The third-order valence-electron chi connectivity index (χ3n) is 8.08. The van der Waals surface area contributed by atoms with Gasteiger partial charge >= 0.3 is 12.5 Å². The lowest BCUT2D eigenvalue weighted by molar-refractivity contribution is -0.280. The highest BCUT2D eigenvalue weighted by Crippen LogP contribution is 2.40. The summed E-state index contributed by atoms with van der Waals surface area (Å²) in [6.07, 6.45) is 2.91. The third-order valence-corrected chi connectivity index (χ3v) is 8.08. The number of benzene rings is 2. The van der Waals surface area contributed by atoms with Crippen LogP contribution >= 0.6 is 0 Å². The first kappa shape index (κ1) is 31.1. The highest BCUT2D eigenvalue weighted by Gasteiger charge is 2.42. The van der Waals surface area contributed by atoms with Gasteiger partial charge in [0.1, 0.15) is 22.9 Å². The van der Waals surface area contributed by atoms with Crippen LogP contribution in [0.1, 0.15) is 80.4 Å². The molecule has 2 aromatic carbocycles. The minimum Gasteiger partial charge on any atom is -0.406 e. The molecule has 0 saturated heterocycles. The molecule has 0 aliphatic heterocycles. The minimum absolute atomic E-state index is 0.222. The van der Waals surface area contributed by atoms with Crippen LogP contribution in [0.15, 0.2) is 61.2 Å². The summed E-state index contributed by atoms with van der Waals surface area (Å²) in [5.41, 5.74) is -0.0580. The van der Waals surface area contributed by atoms with Gasteiger partial charge in [-0.05, 0) is 117 Å². The van der Waals surface area contributed by atoms with Gasteiger partial charge in [-0.2, -0.15) is 8.78 Å². The molecule has 0 spiro atoms. The van der Waals surface area contributed by atoms with Gasteiger partial charge in [0.2, 0.25) is 0 Å². The molecule has 0 aromatic heterocycles. The average Bonchev–Trinajstić information content (AvgIpc) is 2.91. The second-order valence-corrected chi connectivity index (χ2v) is 11.0. The highest BCUT2D eigenvalue weighted by atomic mass is 19.4. The molecule has 0 amide bonds. The van der Waals surface area contributed by atoms with Crippen LogP contribution < -0.4 is 4.74 Å². The monoisotopic (exact) mass is 584 g/mol. The number of rotatable bonds is 10. The lowest BCUT2D eigenvalue weighted by Gasteiger charge is -2.31. The van der Waals surface area contributed by atoms with Crippen LogP contribution in [0, 0.1) is 23.5 Å². The summed E-state index contributed by atoms with van der Waals surface area (Å²) in [4.78, 5) is 0. The molecule has 0 heterocycles. The van der Waals surface area contributed by atoms with Gasteiger partial charge in [0.25, 0.3) is 0 Å². The van der Waals surface area contributed by atoms with E-state index in [1.165, 1.54) is 12.1 Å². The number of allylic oxidation sites excluding steroid dienone is 3. The number of halogens is 7. The van der Waals surface area contributed by atoms with Crippen molar-refractivity contribution in [3.05, 3.63) is 89.5 Å². The van der Waals surface area contributed by atoms with Crippen LogP contribution in [0.2, 0.25) is 0 Å². The molecule has 2 nitrogen and oxygen atoms in total. The predicted molar refractivity (Wildman–Crippen MR) is 143 cm³/mol. The summed E-state index contributed by atoms with van der Waals surface area (Å²) < 4.78 is 104. The number of aryl methyl sites for hydroxylation is 1. The van der Waals surface area contributed by atoms with Crippen molar-refractivity contribution in [3.8, 4) is 5.75 Å². The Bertz CT molecular complexity index is 1150. The maximum Gasteiger partial charge on any atom is 0.573 e. The molecule has 2 aromatic rings. The van der Waals surface area contributed by atoms with Crippen LogP contribution in [0.3, 0.4) is 0 Å². The normalized spacial score (nSPS) is 24.0. The number of ether oxygens (including phenoxy) is 2. The standard InChI is InChI=1S/C32H35F7O2/c1-2-3-4-23-19-28(33)30(29(34)20-23)31(35,36)40-26-15-9-22(10-16-26)6-5-21-7-11-24(12-8-21)25-13-17-27(18-14-25)41-32(37,38)39/h2,5-6,13-14,17-22,24,26H,1,3-4,7-12,15-16H2/b6-5+. The molecular formula is C32H35F7O2. The van der Waals surface area contributed by atoms with Crippen molar-refractivity contribution in [1.29, 1.82) is 0 Å². The van der Waals surface area contributed by atoms with Gasteiger partial charge < -0.3 is 9.47 Å². The fourth-order valence-corrected chi connectivity index (χ4v) is 5.88. The van der Waals surface area contributed by atoms with E-state index in [1.54, 1.807) is 18.2 Å². The van der Waals surface area contributed by atoms with Gasteiger partial charge in [0.05, 0.1) is 6.10 Å². The summed E-state index contributed by atoms with van der Waals surface area (Å²) >= 11 is 0. The van der Waals surface area contributed by atoms with Gasteiger partial charge in [-0.1, -0.05) is 30.4 Å². The van der Waals surface area contributed by atoms with Crippen molar-refractivity contribution in [3.63, 3.8) is 0 Å². The van der Waals surface area contributed by atoms with Crippen molar-refractivity contribution in [2.24, 2.45) is 11.8 Å². The van der Waals surface area contributed by atoms with E-state index in [-0.39, 0.29) is 23.1 Å². The van der Waals surface area contributed by atoms with Crippen LogP contribution in [-0.2, 0) is 17.3 Å². The Hall–Kier alpha value is -2.81. The molecule has 41 heavy (non-hydrogen) atoms. The van der Waals surface area contributed by atoms with Crippen molar-refractivity contribution >= 4 is 0 Å². The molecular weight excluding hydrogens is 549 g/mol.